The van der Waals surface area contributed by atoms with E-state index in [9.17, 15) is 9.59 Å². The number of hydrogen-bond donors (Lipinski definition) is 1. The normalized spacial score (nSPS) is 16.8. The van der Waals surface area contributed by atoms with Gasteiger partial charge >= 0.3 is 5.97 Å². The Hall–Kier alpha value is -3.21. The number of thiazole rings is 1. The molecule has 9 nitrogen and oxygen atoms in total. The van der Waals surface area contributed by atoms with Gasteiger partial charge in [-0.05, 0) is 51.2 Å². The molecule has 0 spiro atoms. The molecule has 0 atom stereocenters. The first-order valence-corrected chi connectivity index (χ1v) is 15.0. The Morgan fingerprint density at radius 1 is 1.10 bits per heavy atom. The smallest absolute Gasteiger partial charge is 0.322 e. The predicted octanol–water partition coefficient (Wildman–Crippen LogP) is 4.15. The monoisotopic (exact) mass is 581 g/mol. The van der Waals surface area contributed by atoms with E-state index >= 15 is 0 Å². The molecule has 0 bridgehead atoms. The van der Waals surface area contributed by atoms with Crippen molar-refractivity contribution in [2.75, 3.05) is 46.6 Å². The van der Waals surface area contributed by atoms with Crippen LogP contribution in [0.5, 0.6) is 11.5 Å². The molecule has 1 fully saturated rings. The standard InChI is InChI=1S/C31H39N3O6S/c1-30(2,3)40-29(36)31(18-21-8-5-6-9-22(21)19-31)28(35)32-20-27-33-23-16-25(24(37-4)17-26(23)41-27)39-13-7-10-34-11-14-38-15-12-34/h5-6,8-9,16-17H,7,10-15,18-20H2,1-4H3,(H,32,35). The molecule has 1 aliphatic heterocycles. The van der Waals surface area contributed by atoms with Crippen LogP contribution in [0.4, 0.5) is 0 Å². The number of carbonyl (C=O) groups excluding carboxylic acids is 2. The van der Waals surface area contributed by atoms with Crippen LogP contribution in [-0.4, -0.2) is 73.9 Å². The maximum absolute atomic E-state index is 13.7. The van der Waals surface area contributed by atoms with Gasteiger partial charge in [0.25, 0.3) is 0 Å². The molecule has 0 radical (unpaired) electrons. The maximum Gasteiger partial charge on any atom is 0.322 e. The van der Waals surface area contributed by atoms with Crippen molar-refractivity contribution in [2.45, 2.75) is 52.2 Å². The van der Waals surface area contributed by atoms with Gasteiger partial charge in [0.05, 0.1) is 43.7 Å². The summed E-state index contributed by atoms with van der Waals surface area (Å²) in [5, 5.41) is 3.72. The maximum atomic E-state index is 13.7. The van der Waals surface area contributed by atoms with E-state index in [1.807, 2.05) is 57.2 Å². The van der Waals surface area contributed by atoms with Crippen LogP contribution in [0.1, 0.15) is 43.3 Å². The average molecular weight is 582 g/mol. The Kier molecular flexibility index (Phi) is 8.82. The molecule has 1 N–H and O–H groups in total. The third-order valence-electron chi connectivity index (χ3n) is 7.43. The molecule has 3 aromatic rings. The van der Waals surface area contributed by atoms with Crippen molar-refractivity contribution < 1.29 is 28.5 Å². The number of nitrogens with zero attached hydrogens (tertiary/aromatic N) is 2. The van der Waals surface area contributed by atoms with Crippen molar-refractivity contribution >= 4 is 33.4 Å². The Morgan fingerprint density at radius 3 is 2.46 bits per heavy atom. The topological polar surface area (TPSA) is 99.2 Å². The fraction of sp³-hybridized carbons (Fsp3) is 0.516. The van der Waals surface area contributed by atoms with Crippen LogP contribution in [0.3, 0.4) is 0 Å². The van der Waals surface area contributed by atoms with E-state index in [4.69, 9.17) is 23.9 Å². The minimum absolute atomic E-state index is 0.205. The van der Waals surface area contributed by atoms with Crippen molar-refractivity contribution in [3.8, 4) is 11.5 Å². The number of methoxy groups -OCH3 is 1. The molecule has 0 unspecified atom stereocenters. The molecule has 10 heteroatoms. The van der Waals surface area contributed by atoms with Crippen molar-refractivity contribution in [2.24, 2.45) is 5.41 Å². The van der Waals surface area contributed by atoms with Gasteiger partial charge in [0.1, 0.15) is 10.6 Å². The average Bonchev–Trinajstić information content (AvgIpc) is 3.55. The molecule has 1 aliphatic carbocycles. The van der Waals surface area contributed by atoms with E-state index in [1.165, 1.54) is 11.3 Å². The lowest BCUT2D eigenvalue weighted by molar-refractivity contribution is -0.170. The van der Waals surface area contributed by atoms with Crippen LogP contribution < -0.4 is 14.8 Å². The van der Waals surface area contributed by atoms with Crippen molar-refractivity contribution in [1.82, 2.24) is 15.2 Å². The summed E-state index contributed by atoms with van der Waals surface area (Å²) < 4.78 is 23.7. The Balaban J connectivity index is 1.25. The Morgan fingerprint density at radius 2 is 1.80 bits per heavy atom. The van der Waals surface area contributed by atoms with E-state index in [2.05, 4.69) is 10.2 Å². The second-order valence-electron chi connectivity index (χ2n) is 11.6. The third-order valence-corrected chi connectivity index (χ3v) is 8.44. The highest BCUT2D eigenvalue weighted by molar-refractivity contribution is 7.18. The zero-order valence-corrected chi connectivity index (χ0v) is 25.1. The number of hydrogen-bond acceptors (Lipinski definition) is 9. The first kappa shape index (κ1) is 29.3. The summed E-state index contributed by atoms with van der Waals surface area (Å²) in [6.45, 7) is 10.7. The highest BCUT2D eigenvalue weighted by Crippen LogP contribution is 2.40. The van der Waals surface area contributed by atoms with Gasteiger partial charge in [-0.2, -0.15) is 0 Å². The van der Waals surface area contributed by atoms with E-state index in [1.54, 1.807) is 7.11 Å². The molecular formula is C31H39N3O6S. The fourth-order valence-corrected chi connectivity index (χ4v) is 6.26. The molecule has 2 aliphatic rings. The largest absolute Gasteiger partial charge is 0.493 e. The number of rotatable bonds is 10. The number of ether oxygens (including phenoxy) is 4. The van der Waals surface area contributed by atoms with Crippen LogP contribution in [0.2, 0.25) is 0 Å². The van der Waals surface area contributed by atoms with Gasteiger partial charge in [0.15, 0.2) is 16.9 Å². The summed E-state index contributed by atoms with van der Waals surface area (Å²) in [4.78, 5) is 34.2. The second kappa shape index (κ2) is 12.3. The summed E-state index contributed by atoms with van der Waals surface area (Å²) in [5.74, 6) is 0.457. The fourth-order valence-electron chi connectivity index (χ4n) is 5.34. The second-order valence-corrected chi connectivity index (χ2v) is 12.7. The number of morpholine rings is 1. The molecular weight excluding hydrogens is 542 g/mol. The van der Waals surface area contributed by atoms with Crippen molar-refractivity contribution in [3.05, 3.63) is 52.5 Å². The van der Waals surface area contributed by atoms with Gasteiger partial charge < -0.3 is 24.3 Å². The molecule has 1 aromatic heterocycles. The molecule has 2 aromatic carbocycles. The summed E-state index contributed by atoms with van der Waals surface area (Å²) in [6.07, 6.45) is 1.53. The highest BCUT2D eigenvalue weighted by Gasteiger charge is 2.52. The number of amides is 1. The molecule has 5 rings (SSSR count). The minimum atomic E-state index is -1.31. The number of aromatic nitrogens is 1. The van der Waals surface area contributed by atoms with E-state index < -0.39 is 17.0 Å². The minimum Gasteiger partial charge on any atom is -0.493 e. The SMILES string of the molecule is COc1cc2sc(CNC(=O)C3(C(=O)OC(C)(C)C)Cc4ccccc4C3)nc2cc1OCCCN1CCOCC1. The molecule has 0 saturated carbocycles. The number of esters is 1. The summed E-state index contributed by atoms with van der Waals surface area (Å²) in [7, 11) is 1.62. The summed E-state index contributed by atoms with van der Waals surface area (Å²) >= 11 is 1.48. The number of carbonyl (C=O) groups is 2. The van der Waals surface area contributed by atoms with Crippen LogP contribution in [0.25, 0.3) is 10.2 Å². The van der Waals surface area contributed by atoms with Gasteiger partial charge in [-0.1, -0.05) is 24.3 Å². The lowest BCUT2D eigenvalue weighted by Crippen LogP contribution is -2.49. The van der Waals surface area contributed by atoms with E-state index in [0.29, 0.717) is 30.9 Å². The van der Waals surface area contributed by atoms with Gasteiger partial charge in [-0.15, -0.1) is 11.3 Å². The van der Waals surface area contributed by atoms with Gasteiger partial charge in [-0.25, -0.2) is 4.98 Å². The first-order chi connectivity index (χ1) is 19.7. The Bertz CT molecular complexity index is 1370. The number of benzene rings is 2. The van der Waals surface area contributed by atoms with Crippen molar-refractivity contribution in [3.63, 3.8) is 0 Å². The summed E-state index contributed by atoms with van der Waals surface area (Å²) in [6, 6.07) is 11.6. The number of fused-ring (bicyclic) bond motifs is 2. The first-order valence-electron chi connectivity index (χ1n) is 14.2. The van der Waals surface area contributed by atoms with E-state index in [-0.39, 0.29) is 12.5 Å². The molecule has 2 heterocycles. The molecule has 41 heavy (non-hydrogen) atoms. The molecule has 1 saturated heterocycles. The van der Waals surface area contributed by atoms with Gasteiger partial charge in [-0.3, -0.25) is 14.5 Å². The van der Waals surface area contributed by atoms with Crippen LogP contribution in [0.15, 0.2) is 36.4 Å². The molecule has 1 amide bonds. The molecule has 220 valence electrons. The lowest BCUT2D eigenvalue weighted by Gasteiger charge is -2.30. The zero-order valence-electron chi connectivity index (χ0n) is 24.3. The lowest BCUT2D eigenvalue weighted by atomic mass is 9.83. The highest BCUT2D eigenvalue weighted by atomic mass is 32.1. The summed E-state index contributed by atoms with van der Waals surface area (Å²) in [5.41, 5.74) is 0.765. The van der Waals surface area contributed by atoms with Gasteiger partial charge in [0.2, 0.25) is 5.91 Å². The number of nitrogens with one attached hydrogen (secondary N) is 1. The van der Waals surface area contributed by atoms with Crippen LogP contribution >= 0.6 is 11.3 Å². The zero-order chi connectivity index (χ0) is 29.0. The van der Waals surface area contributed by atoms with E-state index in [0.717, 1.165) is 65.6 Å². The van der Waals surface area contributed by atoms with Crippen LogP contribution in [-0.2, 0) is 38.4 Å². The van der Waals surface area contributed by atoms with Crippen molar-refractivity contribution in [1.29, 1.82) is 0 Å². The van der Waals surface area contributed by atoms with Gasteiger partial charge in [0, 0.05) is 31.8 Å². The third kappa shape index (κ3) is 6.82. The Labute approximate surface area is 245 Å². The quantitative estimate of drug-likeness (QED) is 0.217. The van der Waals surface area contributed by atoms with Crippen LogP contribution in [0, 0.1) is 5.41 Å². The predicted molar refractivity (Wildman–Crippen MR) is 158 cm³/mol.